The van der Waals surface area contributed by atoms with E-state index in [1.165, 1.54) is 0 Å². The molecule has 1 atom stereocenters. The van der Waals surface area contributed by atoms with Crippen LogP contribution in [0.3, 0.4) is 0 Å². The van der Waals surface area contributed by atoms with Crippen molar-refractivity contribution in [1.82, 2.24) is 10.2 Å². The van der Waals surface area contributed by atoms with Gasteiger partial charge in [-0.2, -0.15) is 0 Å². The molecule has 1 aliphatic rings. The van der Waals surface area contributed by atoms with Gasteiger partial charge in [0.25, 0.3) is 0 Å². The molecule has 2 aromatic carbocycles. The number of carbonyl (C=O) groups excluding carboxylic acids is 2. The van der Waals surface area contributed by atoms with Crippen LogP contribution in [0, 0.1) is 6.92 Å². The summed E-state index contributed by atoms with van der Waals surface area (Å²) in [5, 5.41) is 5.73. The van der Waals surface area contributed by atoms with E-state index in [1.54, 1.807) is 0 Å². The molecule has 0 aliphatic carbocycles. The van der Waals surface area contributed by atoms with Crippen LogP contribution in [0.15, 0.2) is 54.6 Å². The third-order valence-corrected chi connectivity index (χ3v) is 4.83. The highest BCUT2D eigenvalue weighted by molar-refractivity contribution is 5.94. The number of likely N-dealkylation sites (tertiary alicyclic amines) is 1. The van der Waals surface area contributed by atoms with Crippen LogP contribution in [0.1, 0.15) is 30.4 Å². The minimum Gasteiger partial charge on any atom is -0.341 e. The number of aryl methyl sites for hydroxylation is 1. The molecule has 2 aromatic rings. The van der Waals surface area contributed by atoms with E-state index in [0.29, 0.717) is 6.42 Å². The number of carbonyl (C=O) groups is 2. The molecule has 2 N–H and O–H groups in total. The van der Waals surface area contributed by atoms with Crippen LogP contribution in [0.5, 0.6) is 0 Å². The second kappa shape index (κ2) is 9.21. The molecule has 1 aliphatic heterocycles. The first-order chi connectivity index (χ1) is 13.1. The predicted molar refractivity (Wildman–Crippen MR) is 108 cm³/mol. The average Bonchev–Trinajstić information content (AvgIpc) is 2.68. The van der Waals surface area contributed by atoms with Crippen LogP contribution in [0.4, 0.5) is 10.5 Å². The summed E-state index contributed by atoms with van der Waals surface area (Å²) in [6.45, 7) is 3.51. The van der Waals surface area contributed by atoms with Crippen LogP contribution in [0.25, 0.3) is 0 Å². The van der Waals surface area contributed by atoms with Crippen molar-refractivity contribution in [3.63, 3.8) is 0 Å². The first-order valence-corrected chi connectivity index (χ1v) is 9.59. The molecule has 0 spiro atoms. The maximum atomic E-state index is 13.0. The van der Waals surface area contributed by atoms with Gasteiger partial charge >= 0.3 is 6.03 Å². The number of nitrogens with one attached hydrogen (secondary N) is 2. The van der Waals surface area contributed by atoms with Crippen molar-refractivity contribution in [3.8, 4) is 0 Å². The van der Waals surface area contributed by atoms with Gasteiger partial charge in [0.1, 0.15) is 6.04 Å². The highest BCUT2D eigenvalue weighted by Gasteiger charge is 2.27. The zero-order valence-electron chi connectivity index (χ0n) is 15.8. The Morgan fingerprint density at radius 3 is 2.44 bits per heavy atom. The number of hydrogen-bond donors (Lipinski definition) is 2. The number of anilines is 1. The number of urea groups is 1. The summed E-state index contributed by atoms with van der Waals surface area (Å²) in [7, 11) is 0. The van der Waals surface area contributed by atoms with Gasteiger partial charge < -0.3 is 15.5 Å². The Morgan fingerprint density at radius 1 is 1.00 bits per heavy atom. The first-order valence-electron chi connectivity index (χ1n) is 9.59. The number of nitrogens with zero attached hydrogens (tertiary/aromatic N) is 1. The summed E-state index contributed by atoms with van der Waals surface area (Å²) >= 11 is 0. The normalized spacial score (nSPS) is 15.1. The van der Waals surface area contributed by atoms with Crippen molar-refractivity contribution < 1.29 is 9.59 Å². The molecule has 1 saturated heterocycles. The highest BCUT2D eigenvalue weighted by atomic mass is 16.2. The van der Waals surface area contributed by atoms with Crippen molar-refractivity contribution in [3.05, 3.63) is 65.7 Å². The smallest absolute Gasteiger partial charge is 0.319 e. The van der Waals surface area contributed by atoms with Gasteiger partial charge in [-0.1, -0.05) is 42.5 Å². The van der Waals surface area contributed by atoms with Crippen LogP contribution in [0.2, 0.25) is 0 Å². The fourth-order valence-corrected chi connectivity index (χ4v) is 3.43. The number of benzene rings is 2. The number of piperidine rings is 1. The monoisotopic (exact) mass is 365 g/mol. The van der Waals surface area contributed by atoms with E-state index in [4.69, 9.17) is 0 Å². The van der Waals surface area contributed by atoms with Gasteiger partial charge in [0.05, 0.1) is 0 Å². The molecular weight excluding hydrogens is 338 g/mol. The molecule has 0 aromatic heterocycles. The summed E-state index contributed by atoms with van der Waals surface area (Å²) in [4.78, 5) is 27.4. The molecule has 1 fully saturated rings. The average molecular weight is 365 g/mol. The van der Waals surface area contributed by atoms with Crippen molar-refractivity contribution in [2.24, 2.45) is 0 Å². The maximum Gasteiger partial charge on any atom is 0.319 e. The lowest BCUT2D eigenvalue weighted by Crippen LogP contribution is -2.52. The maximum absolute atomic E-state index is 13.0. The van der Waals surface area contributed by atoms with E-state index in [2.05, 4.69) is 10.6 Å². The Bertz CT molecular complexity index is 770. The molecule has 142 valence electrons. The first kappa shape index (κ1) is 19.0. The summed E-state index contributed by atoms with van der Waals surface area (Å²) in [5.74, 6) is -0.00190. The van der Waals surface area contributed by atoms with Crippen molar-refractivity contribution in [2.45, 2.75) is 38.6 Å². The molecule has 3 amide bonds. The van der Waals surface area contributed by atoms with Gasteiger partial charge in [0.15, 0.2) is 0 Å². The zero-order chi connectivity index (χ0) is 19.1. The van der Waals surface area contributed by atoms with Gasteiger partial charge in [-0.3, -0.25) is 4.79 Å². The minimum absolute atomic E-state index is 0.00190. The molecule has 0 radical (unpaired) electrons. The Morgan fingerprint density at radius 2 is 1.74 bits per heavy atom. The number of rotatable bonds is 5. The third-order valence-electron chi connectivity index (χ3n) is 4.83. The molecule has 3 rings (SSSR count). The van der Waals surface area contributed by atoms with E-state index >= 15 is 0 Å². The molecule has 5 heteroatoms. The summed E-state index contributed by atoms with van der Waals surface area (Å²) in [6, 6.07) is 16.5. The quantitative estimate of drug-likeness (QED) is 0.848. The van der Waals surface area contributed by atoms with Crippen LogP contribution in [-0.4, -0.2) is 36.0 Å². The fraction of sp³-hybridized carbons (Fsp3) is 0.364. The predicted octanol–water partition coefficient (Wildman–Crippen LogP) is 3.74. The molecule has 1 heterocycles. The molecule has 0 bridgehead atoms. The minimum atomic E-state index is -0.574. The topological polar surface area (TPSA) is 61.4 Å². The summed E-state index contributed by atoms with van der Waals surface area (Å²) < 4.78 is 0. The van der Waals surface area contributed by atoms with Gasteiger partial charge in [0.2, 0.25) is 5.91 Å². The Balaban J connectivity index is 1.70. The van der Waals surface area contributed by atoms with Gasteiger partial charge in [-0.05, 0) is 49.4 Å². The van der Waals surface area contributed by atoms with Crippen molar-refractivity contribution >= 4 is 17.6 Å². The summed E-state index contributed by atoms with van der Waals surface area (Å²) in [6.07, 6.45) is 3.70. The SMILES string of the molecule is Cc1cccc(NC(=O)NC(Cc2ccccc2)C(=O)N2CCCCC2)c1. The largest absolute Gasteiger partial charge is 0.341 e. The van der Waals surface area contributed by atoms with Gasteiger partial charge in [-0.25, -0.2) is 4.79 Å². The van der Waals surface area contributed by atoms with Crippen molar-refractivity contribution in [2.75, 3.05) is 18.4 Å². The molecule has 27 heavy (non-hydrogen) atoms. The van der Waals surface area contributed by atoms with E-state index < -0.39 is 6.04 Å². The Kier molecular flexibility index (Phi) is 6.47. The van der Waals surface area contributed by atoms with E-state index in [-0.39, 0.29) is 11.9 Å². The second-order valence-corrected chi connectivity index (χ2v) is 7.10. The molecule has 0 saturated carbocycles. The zero-order valence-corrected chi connectivity index (χ0v) is 15.8. The van der Waals surface area contributed by atoms with Gasteiger partial charge in [0, 0.05) is 25.2 Å². The van der Waals surface area contributed by atoms with Crippen molar-refractivity contribution in [1.29, 1.82) is 0 Å². The lowest BCUT2D eigenvalue weighted by molar-refractivity contribution is -0.134. The summed E-state index contributed by atoms with van der Waals surface area (Å²) in [5.41, 5.74) is 2.82. The number of amides is 3. The Hall–Kier alpha value is -2.82. The van der Waals surface area contributed by atoms with Crippen LogP contribution < -0.4 is 10.6 Å². The lowest BCUT2D eigenvalue weighted by Gasteiger charge is -2.31. The van der Waals surface area contributed by atoms with E-state index in [0.717, 1.165) is 49.2 Å². The van der Waals surface area contributed by atoms with E-state index in [1.807, 2.05) is 66.4 Å². The Labute approximate surface area is 160 Å². The van der Waals surface area contributed by atoms with Crippen LogP contribution >= 0.6 is 0 Å². The van der Waals surface area contributed by atoms with Crippen LogP contribution in [-0.2, 0) is 11.2 Å². The highest BCUT2D eigenvalue weighted by Crippen LogP contribution is 2.14. The molecular formula is C22H27N3O2. The molecule has 1 unspecified atom stereocenters. The number of hydrogen-bond acceptors (Lipinski definition) is 2. The third kappa shape index (κ3) is 5.58. The van der Waals surface area contributed by atoms with E-state index in [9.17, 15) is 9.59 Å². The lowest BCUT2D eigenvalue weighted by atomic mass is 10.0. The fourth-order valence-electron chi connectivity index (χ4n) is 3.43. The second-order valence-electron chi connectivity index (χ2n) is 7.10. The van der Waals surface area contributed by atoms with Gasteiger partial charge in [-0.15, -0.1) is 0 Å². The standard InChI is InChI=1S/C22H27N3O2/c1-17-9-8-12-19(15-17)23-22(27)24-20(16-18-10-4-2-5-11-18)21(26)25-13-6-3-7-14-25/h2,4-5,8-12,15,20H,3,6-7,13-14,16H2,1H3,(H2,23,24,27). The molecule has 5 nitrogen and oxygen atoms in total.